The molecule has 1 unspecified atom stereocenters. The number of alkyl halides is 2. The van der Waals surface area contributed by atoms with Crippen molar-refractivity contribution >= 4 is 23.2 Å². The van der Waals surface area contributed by atoms with E-state index in [-0.39, 0.29) is 17.4 Å². The molecule has 0 radical (unpaired) electrons. The Labute approximate surface area is 139 Å². The van der Waals surface area contributed by atoms with Gasteiger partial charge in [-0.15, -0.1) is 28.3 Å². The molecule has 3 aromatic rings. The van der Waals surface area contributed by atoms with Crippen molar-refractivity contribution in [3.63, 3.8) is 0 Å². The van der Waals surface area contributed by atoms with E-state index in [4.69, 9.17) is 27.7 Å². The molecule has 0 aliphatic heterocycles. The van der Waals surface area contributed by atoms with E-state index in [1.165, 1.54) is 16.8 Å². The summed E-state index contributed by atoms with van der Waals surface area (Å²) < 4.78 is 20.1. The van der Waals surface area contributed by atoms with Crippen LogP contribution in [0.1, 0.15) is 24.0 Å². The van der Waals surface area contributed by atoms with Gasteiger partial charge in [-0.3, -0.25) is 0 Å². The molecule has 1 aromatic carbocycles. The van der Waals surface area contributed by atoms with Gasteiger partial charge in [-0.1, -0.05) is 5.16 Å². The molecule has 2 heterocycles. The van der Waals surface area contributed by atoms with Crippen molar-refractivity contribution in [3.8, 4) is 17.1 Å². The third-order valence-electron chi connectivity index (χ3n) is 3.63. The van der Waals surface area contributed by atoms with Crippen LogP contribution < -0.4 is 0 Å². The fourth-order valence-electron chi connectivity index (χ4n) is 2.26. The van der Waals surface area contributed by atoms with Crippen LogP contribution in [0, 0.1) is 12.7 Å². The Hall–Kier alpha value is -2.06. The molecule has 0 N–H and O–H groups in total. The maximum atomic E-state index is 14.4. The van der Waals surface area contributed by atoms with Gasteiger partial charge in [0.05, 0.1) is 17.2 Å². The van der Waals surface area contributed by atoms with Crippen molar-refractivity contribution in [1.82, 2.24) is 30.3 Å². The number of aromatic nitrogens is 6. The van der Waals surface area contributed by atoms with Crippen molar-refractivity contribution in [2.75, 3.05) is 0 Å². The maximum absolute atomic E-state index is 14.4. The zero-order chi connectivity index (χ0) is 16.2. The molecule has 0 bridgehead atoms. The molecule has 1 atom stereocenters. The summed E-state index contributed by atoms with van der Waals surface area (Å²) in [5, 5.41) is 14.9. The molecule has 0 spiro atoms. The monoisotopic (exact) mass is 354 g/mol. The SMILES string of the molecule is Cc1nnnn1-c1ccc(-c2nc(C3CC3(Cl)Cl)no2)c(F)c1. The van der Waals surface area contributed by atoms with Crippen LogP contribution in [-0.4, -0.2) is 34.7 Å². The Bertz CT molecular complexity index is 892. The standard InChI is InChI=1S/C13H9Cl2FN6O/c1-6-18-20-21-22(6)7-2-3-8(10(16)4-7)12-17-11(19-23-12)9-5-13(9,14)15/h2-4,9H,5H2,1H3. The van der Waals surface area contributed by atoms with E-state index in [2.05, 4.69) is 25.7 Å². The first-order valence-electron chi connectivity index (χ1n) is 6.72. The van der Waals surface area contributed by atoms with Gasteiger partial charge in [0.25, 0.3) is 5.89 Å². The van der Waals surface area contributed by atoms with Crippen molar-refractivity contribution in [2.45, 2.75) is 23.6 Å². The minimum absolute atomic E-state index is 0.0773. The Morgan fingerprint density at radius 1 is 1.39 bits per heavy atom. The molecule has 2 aromatic heterocycles. The molecule has 7 nitrogen and oxygen atoms in total. The van der Waals surface area contributed by atoms with Gasteiger partial charge in [-0.2, -0.15) is 9.67 Å². The minimum atomic E-state index is -0.860. The smallest absolute Gasteiger partial charge is 0.260 e. The Morgan fingerprint density at radius 3 is 2.78 bits per heavy atom. The zero-order valence-electron chi connectivity index (χ0n) is 11.7. The largest absolute Gasteiger partial charge is 0.334 e. The van der Waals surface area contributed by atoms with Crippen LogP contribution >= 0.6 is 23.2 Å². The number of hydrogen-bond donors (Lipinski definition) is 0. The molecule has 1 saturated carbocycles. The van der Waals surface area contributed by atoms with Gasteiger partial charge < -0.3 is 4.52 Å². The average Bonchev–Trinajstić information content (AvgIpc) is 2.88. The molecular formula is C13H9Cl2FN6O. The lowest BCUT2D eigenvalue weighted by Gasteiger charge is -2.03. The first-order chi connectivity index (χ1) is 11.0. The lowest BCUT2D eigenvalue weighted by molar-refractivity contribution is 0.420. The molecule has 118 valence electrons. The van der Waals surface area contributed by atoms with Crippen LogP contribution in [0.3, 0.4) is 0 Å². The summed E-state index contributed by atoms with van der Waals surface area (Å²) in [4.78, 5) is 4.18. The maximum Gasteiger partial charge on any atom is 0.260 e. The van der Waals surface area contributed by atoms with Gasteiger partial charge in [0.15, 0.2) is 11.6 Å². The van der Waals surface area contributed by atoms with Gasteiger partial charge in [0, 0.05) is 6.07 Å². The Morgan fingerprint density at radius 2 is 2.17 bits per heavy atom. The van der Waals surface area contributed by atoms with E-state index >= 15 is 0 Å². The summed E-state index contributed by atoms with van der Waals surface area (Å²) in [6, 6.07) is 4.49. The topological polar surface area (TPSA) is 82.5 Å². The highest BCUT2D eigenvalue weighted by Crippen LogP contribution is 2.58. The first-order valence-corrected chi connectivity index (χ1v) is 7.48. The molecule has 1 aliphatic carbocycles. The van der Waals surface area contributed by atoms with Crippen molar-refractivity contribution in [3.05, 3.63) is 35.7 Å². The second-order valence-electron chi connectivity index (χ2n) is 5.28. The number of hydrogen-bond acceptors (Lipinski definition) is 6. The molecule has 1 aliphatic rings. The van der Waals surface area contributed by atoms with E-state index in [1.54, 1.807) is 13.0 Å². The summed E-state index contributed by atoms with van der Waals surface area (Å²) in [6.45, 7) is 1.72. The summed E-state index contributed by atoms with van der Waals surface area (Å²) in [5.41, 5.74) is 0.685. The summed E-state index contributed by atoms with van der Waals surface area (Å²) >= 11 is 11.9. The fraction of sp³-hybridized carbons (Fsp3) is 0.308. The molecule has 0 amide bonds. The zero-order valence-corrected chi connectivity index (χ0v) is 13.3. The molecule has 0 saturated heterocycles. The van der Waals surface area contributed by atoms with Crippen LogP contribution in [-0.2, 0) is 0 Å². The van der Waals surface area contributed by atoms with Gasteiger partial charge in [0.2, 0.25) is 0 Å². The minimum Gasteiger partial charge on any atom is -0.334 e. The normalized spacial score (nSPS) is 19.0. The Balaban J connectivity index is 1.67. The fourth-order valence-corrected chi connectivity index (χ4v) is 2.76. The second-order valence-corrected chi connectivity index (χ2v) is 6.82. The average molecular weight is 355 g/mol. The Kier molecular flexibility index (Phi) is 3.14. The molecule has 10 heteroatoms. The summed E-state index contributed by atoms with van der Waals surface area (Å²) in [6.07, 6.45) is 0.551. The van der Waals surface area contributed by atoms with Crippen molar-refractivity contribution in [1.29, 1.82) is 0 Å². The molecule has 1 fully saturated rings. The highest BCUT2D eigenvalue weighted by atomic mass is 35.5. The van der Waals surface area contributed by atoms with Crippen LogP contribution in [0.4, 0.5) is 4.39 Å². The van der Waals surface area contributed by atoms with E-state index in [0.717, 1.165) is 0 Å². The quantitative estimate of drug-likeness (QED) is 0.672. The molecule has 4 rings (SSSR count). The van der Waals surface area contributed by atoms with Gasteiger partial charge >= 0.3 is 0 Å². The number of rotatable bonds is 3. The van der Waals surface area contributed by atoms with Crippen LogP contribution in [0.25, 0.3) is 17.1 Å². The lowest BCUT2D eigenvalue weighted by Crippen LogP contribution is -2.00. The van der Waals surface area contributed by atoms with Gasteiger partial charge in [-0.25, -0.2) is 4.39 Å². The highest BCUT2D eigenvalue weighted by molar-refractivity contribution is 6.51. The van der Waals surface area contributed by atoms with Crippen molar-refractivity contribution in [2.24, 2.45) is 0 Å². The van der Waals surface area contributed by atoms with Crippen LogP contribution in [0.2, 0.25) is 0 Å². The lowest BCUT2D eigenvalue weighted by atomic mass is 10.2. The number of benzene rings is 1. The number of nitrogens with zero attached hydrogens (tertiary/aromatic N) is 6. The van der Waals surface area contributed by atoms with Gasteiger partial charge in [-0.05, 0) is 35.9 Å². The number of tetrazole rings is 1. The number of halogens is 3. The molecule has 23 heavy (non-hydrogen) atoms. The van der Waals surface area contributed by atoms with Gasteiger partial charge in [0.1, 0.15) is 10.2 Å². The second kappa shape index (κ2) is 4.97. The molecular weight excluding hydrogens is 346 g/mol. The van der Waals surface area contributed by atoms with E-state index < -0.39 is 10.2 Å². The third-order valence-corrected chi connectivity index (χ3v) is 4.47. The van der Waals surface area contributed by atoms with E-state index in [1.807, 2.05) is 0 Å². The van der Waals surface area contributed by atoms with Crippen molar-refractivity contribution < 1.29 is 8.91 Å². The summed E-state index contributed by atoms with van der Waals surface area (Å²) in [7, 11) is 0. The predicted octanol–water partition coefficient (Wildman–Crippen LogP) is 2.82. The predicted molar refractivity (Wildman–Crippen MR) is 78.9 cm³/mol. The third kappa shape index (κ3) is 2.47. The number of aryl methyl sites for hydroxylation is 1. The van der Waals surface area contributed by atoms with E-state index in [9.17, 15) is 4.39 Å². The summed E-state index contributed by atoms with van der Waals surface area (Å²) in [5.74, 6) is 0.297. The highest BCUT2D eigenvalue weighted by Gasteiger charge is 2.55. The van der Waals surface area contributed by atoms with Crippen LogP contribution in [0.15, 0.2) is 22.7 Å². The van der Waals surface area contributed by atoms with Crippen LogP contribution in [0.5, 0.6) is 0 Å². The first kappa shape index (κ1) is 14.5. The van der Waals surface area contributed by atoms with E-state index in [0.29, 0.717) is 23.8 Å².